The number of aromatic nitrogens is 2. The van der Waals surface area contributed by atoms with Crippen LogP contribution >= 0.6 is 11.3 Å². The number of para-hydroxylation sites is 1. The Balaban J connectivity index is 1.33. The predicted octanol–water partition coefficient (Wildman–Crippen LogP) is 2.30. The third-order valence-electron chi connectivity index (χ3n) is 4.81. The molecule has 0 aliphatic carbocycles. The van der Waals surface area contributed by atoms with Gasteiger partial charge in [-0.15, -0.1) is 10.2 Å². The second-order valence-corrected chi connectivity index (χ2v) is 8.11. The van der Waals surface area contributed by atoms with E-state index in [1.807, 2.05) is 18.2 Å². The largest absolute Gasteiger partial charge is 0.364 e. The predicted molar refractivity (Wildman–Crippen MR) is 112 cm³/mol. The maximum atomic E-state index is 12.2. The number of hydrogen-bond acceptors (Lipinski definition) is 7. The number of carbonyl (C=O) groups excluding carboxylic acids is 2. The van der Waals surface area contributed by atoms with Gasteiger partial charge in [0.1, 0.15) is 18.2 Å². The third kappa shape index (κ3) is 6.88. The van der Waals surface area contributed by atoms with Crippen molar-refractivity contribution in [2.75, 3.05) is 31.6 Å². The van der Waals surface area contributed by atoms with E-state index in [0.717, 1.165) is 24.4 Å². The highest BCUT2D eigenvalue weighted by molar-refractivity contribution is 7.13. The van der Waals surface area contributed by atoms with Crippen molar-refractivity contribution in [3.63, 3.8) is 0 Å². The summed E-state index contributed by atoms with van der Waals surface area (Å²) in [6.07, 6.45) is 3.75. The van der Waals surface area contributed by atoms with Gasteiger partial charge in [0.15, 0.2) is 0 Å². The molecule has 2 N–H and O–H groups in total. The zero-order valence-corrected chi connectivity index (χ0v) is 17.4. The first kappa shape index (κ1) is 21.4. The zero-order valence-electron chi connectivity index (χ0n) is 16.6. The van der Waals surface area contributed by atoms with Crippen LogP contribution in [0.3, 0.4) is 0 Å². The molecule has 1 aromatic carbocycles. The Labute approximate surface area is 174 Å². The Morgan fingerprint density at radius 1 is 1.24 bits per heavy atom. The summed E-state index contributed by atoms with van der Waals surface area (Å²) < 4.78 is 5.41. The van der Waals surface area contributed by atoms with Crippen LogP contribution in [-0.2, 0) is 16.1 Å². The van der Waals surface area contributed by atoms with Gasteiger partial charge in [-0.1, -0.05) is 36.0 Å². The molecule has 156 valence electrons. The summed E-state index contributed by atoms with van der Waals surface area (Å²) >= 11 is 1.15. The van der Waals surface area contributed by atoms with Crippen LogP contribution in [0.25, 0.3) is 0 Å². The summed E-state index contributed by atoms with van der Waals surface area (Å²) in [5.74, 6) is -0.467. The summed E-state index contributed by atoms with van der Waals surface area (Å²) in [5.41, 5.74) is 0.695. The van der Waals surface area contributed by atoms with Crippen LogP contribution < -0.4 is 10.6 Å². The van der Waals surface area contributed by atoms with Gasteiger partial charge < -0.3 is 15.4 Å². The molecule has 0 spiro atoms. The van der Waals surface area contributed by atoms with E-state index in [2.05, 4.69) is 32.7 Å². The Morgan fingerprint density at radius 3 is 2.86 bits per heavy atom. The summed E-state index contributed by atoms with van der Waals surface area (Å²) in [7, 11) is 0. The summed E-state index contributed by atoms with van der Waals surface area (Å²) in [6.45, 7) is 4.93. The number of nitrogens with one attached hydrogen (secondary N) is 2. The van der Waals surface area contributed by atoms with Crippen LogP contribution in [0.4, 0.5) is 5.69 Å². The second kappa shape index (κ2) is 11.0. The summed E-state index contributed by atoms with van der Waals surface area (Å²) in [4.78, 5) is 26.5. The molecule has 0 unspecified atom stereocenters. The number of hydrogen-bond donors (Lipinski definition) is 2. The Hall–Kier alpha value is -2.36. The molecule has 0 bridgehead atoms. The molecule has 1 aromatic heterocycles. The van der Waals surface area contributed by atoms with Gasteiger partial charge in [-0.2, -0.15) is 0 Å². The molecule has 1 atom stereocenters. The van der Waals surface area contributed by atoms with Gasteiger partial charge in [-0.25, -0.2) is 0 Å². The molecular formula is C20H27N5O3S. The van der Waals surface area contributed by atoms with E-state index in [9.17, 15) is 9.59 Å². The summed E-state index contributed by atoms with van der Waals surface area (Å²) in [5, 5.41) is 14.3. The van der Waals surface area contributed by atoms with Crippen LogP contribution in [0.1, 0.15) is 41.0 Å². The lowest BCUT2D eigenvalue weighted by Gasteiger charge is -2.33. The number of amides is 2. The van der Waals surface area contributed by atoms with E-state index in [-0.39, 0.29) is 30.0 Å². The molecule has 0 radical (unpaired) electrons. The summed E-state index contributed by atoms with van der Waals surface area (Å²) in [6, 6.07) is 9.74. The van der Waals surface area contributed by atoms with E-state index in [1.165, 1.54) is 19.3 Å². The van der Waals surface area contributed by atoms with Gasteiger partial charge in [0.05, 0.1) is 0 Å². The topological polar surface area (TPSA) is 96.5 Å². The lowest BCUT2D eigenvalue weighted by atomic mass is 10.0. The zero-order chi connectivity index (χ0) is 20.5. The molecule has 3 rings (SSSR count). The molecule has 2 aromatic rings. The molecule has 1 aliphatic heterocycles. The van der Waals surface area contributed by atoms with E-state index in [1.54, 1.807) is 12.1 Å². The molecule has 8 nitrogen and oxygen atoms in total. The number of piperidine rings is 1. The monoisotopic (exact) mass is 417 g/mol. The molecule has 9 heteroatoms. The number of likely N-dealkylation sites (tertiary alicyclic amines) is 1. The van der Waals surface area contributed by atoms with E-state index in [4.69, 9.17) is 4.74 Å². The SMILES string of the molecule is C[C@@H]1CCCCN1CCNC(=O)COCc1nnc(C(=O)Nc2ccccc2)s1. The first-order chi connectivity index (χ1) is 14.1. The number of anilines is 1. The Morgan fingerprint density at radius 2 is 2.07 bits per heavy atom. The smallest absolute Gasteiger partial charge is 0.286 e. The van der Waals surface area contributed by atoms with Crippen molar-refractivity contribution >= 4 is 28.8 Å². The van der Waals surface area contributed by atoms with Crippen molar-refractivity contribution in [2.24, 2.45) is 0 Å². The molecule has 1 aliphatic rings. The van der Waals surface area contributed by atoms with E-state index >= 15 is 0 Å². The van der Waals surface area contributed by atoms with Crippen LogP contribution in [0.2, 0.25) is 0 Å². The van der Waals surface area contributed by atoms with E-state index < -0.39 is 0 Å². The van der Waals surface area contributed by atoms with Gasteiger partial charge >= 0.3 is 0 Å². The first-order valence-electron chi connectivity index (χ1n) is 9.89. The second-order valence-electron chi connectivity index (χ2n) is 7.04. The fourth-order valence-electron chi connectivity index (χ4n) is 3.22. The highest BCUT2D eigenvalue weighted by Crippen LogP contribution is 2.15. The number of benzene rings is 1. The number of rotatable bonds is 9. The van der Waals surface area contributed by atoms with Crippen LogP contribution in [-0.4, -0.2) is 59.2 Å². The maximum Gasteiger partial charge on any atom is 0.286 e. The molecule has 1 fully saturated rings. The Bertz CT molecular complexity index is 798. The van der Waals surface area contributed by atoms with Crippen molar-refractivity contribution < 1.29 is 14.3 Å². The standard InChI is InChI=1S/C20H27N5O3S/c1-15-7-5-6-11-25(15)12-10-21-17(26)13-28-14-18-23-24-20(29-18)19(27)22-16-8-3-2-4-9-16/h2-4,8-9,15H,5-7,10-14H2,1H3,(H,21,26)(H,22,27)/t15-/m1/s1. The number of carbonyl (C=O) groups is 2. The van der Waals surface area contributed by atoms with E-state index in [0.29, 0.717) is 23.3 Å². The van der Waals surface area contributed by atoms with Crippen molar-refractivity contribution in [3.05, 3.63) is 40.3 Å². The van der Waals surface area contributed by atoms with Gasteiger partial charge in [0.25, 0.3) is 5.91 Å². The average Bonchev–Trinajstić information content (AvgIpc) is 3.19. The minimum atomic E-state index is -0.315. The van der Waals surface area contributed by atoms with Crippen LogP contribution in [0, 0.1) is 0 Å². The van der Waals surface area contributed by atoms with Gasteiger partial charge in [-0.05, 0) is 38.4 Å². The first-order valence-corrected chi connectivity index (χ1v) is 10.7. The van der Waals surface area contributed by atoms with Crippen LogP contribution in [0.5, 0.6) is 0 Å². The van der Waals surface area contributed by atoms with Crippen molar-refractivity contribution in [2.45, 2.75) is 38.8 Å². The molecule has 2 heterocycles. The highest BCUT2D eigenvalue weighted by Gasteiger charge is 2.17. The minimum absolute atomic E-state index is 0.0410. The fraction of sp³-hybridized carbons (Fsp3) is 0.500. The lowest BCUT2D eigenvalue weighted by molar-refractivity contribution is -0.126. The average molecular weight is 418 g/mol. The van der Waals surface area contributed by atoms with Crippen molar-refractivity contribution in [1.29, 1.82) is 0 Å². The molecule has 29 heavy (non-hydrogen) atoms. The fourth-order valence-corrected chi connectivity index (χ4v) is 3.89. The van der Waals surface area contributed by atoms with Gasteiger partial charge in [0, 0.05) is 24.8 Å². The number of ether oxygens (including phenoxy) is 1. The lowest BCUT2D eigenvalue weighted by Crippen LogP contribution is -2.43. The maximum absolute atomic E-state index is 12.2. The highest BCUT2D eigenvalue weighted by atomic mass is 32.1. The van der Waals surface area contributed by atoms with Gasteiger partial charge in [0.2, 0.25) is 10.9 Å². The van der Waals surface area contributed by atoms with Crippen molar-refractivity contribution in [1.82, 2.24) is 20.4 Å². The molecule has 1 saturated heterocycles. The van der Waals surface area contributed by atoms with Crippen molar-refractivity contribution in [3.8, 4) is 0 Å². The molecule has 2 amide bonds. The quantitative estimate of drug-likeness (QED) is 0.650. The van der Waals surface area contributed by atoms with Gasteiger partial charge in [-0.3, -0.25) is 14.5 Å². The molecule has 0 saturated carbocycles. The van der Waals surface area contributed by atoms with Crippen LogP contribution in [0.15, 0.2) is 30.3 Å². The normalized spacial score (nSPS) is 17.1. The molecular weight excluding hydrogens is 390 g/mol. The Kier molecular flexibility index (Phi) is 8.09. The third-order valence-corrected chi connectivity index (χ3v) is 5.71. The number of nitrogens with zero attached hydrogens (tertiary/aromatic N) is 3. The minimum Gasteiger partial charge on any atom is -0.364 e.